The lowest BCUT2D eigenvalue weighted by molar-refractivity contribution is -0.137. The van der Waals surface area contributed by atoms with Crippen LogP contribution in [0.3, 0.4) is 0 Å². The molecule has 1 amide bonds. The van der Waals surface area contributed by atoms with Crippen molar-refractivity contribution >= 4 is 11.6 Å². The first-order valence-corrected chi connectivity index (χ1v) is 10.5. The molecule has 1 aliphatic rings. The molecular formula is C23H19F4N5O2. The smallest absolute Gasteiger partial charge is 0.334 e. The van der Waals surface area contributed by atoms with Gasteiger partial charge in [0.2, 0.25) is 5.91 Å². The predicted octanol–water partition coefficient (Wildman–Crippen LogP) is 4.62. The van der Waals surface area contributed by atoms with Crippen LogP contribution in [0.4, 0.5) is 23.2 Å². The number of anilines is 1. The lowest BCUT2D eigenvalue weighted by atomic mass is 9.95. The van der Waals surface area contributed by atoms with Gasteiger partial charge in [-0.25, -0.2) is 4.39 Å². The molecule has 1 fully saturated rings. The van der Waals surface area contributed by atoms with Gasteiger partial charge in [0.05, 0.1) is 23.2 Å². The number of halogens is 4. The number of piperidine rings is 1. The maximum atomic E-state index is 13.3. The molecule has 1 aliphatic heterocycles. The number of hydrogen-bond donors (Lipinski definition) is 1. The van der Waals surface area contributed by atoms with Crippen molar-refractivity contribution in [1.82, 2.24) is 15.0 Å². The Bertz CT molecular complexity index is 1230. The zero-order chi connectivity index (χ0) is 24.3. The highest BCUT2D eigenvalue weighted by Gasteiger charge is 2.31. The molecule has 4 rings (SSSR count). The number of aromatic nitrogens is 2. The van der Waals surface area contributed by atoms with Crippen LogP contribution in [0.2, 0.25) is 0 Å². The van der Waals surface area contributed by atoms with Gasteiger partial charge in [0.1, 0.15) is 11.9 Å². The van der Waals surface area contributed by atoms with E-state index in [1.807, 2.05) is 11.0 Å². The topological polar surface area (TPSA) is 95.0 Å². The Morgan fingerprint density at radius 3 is 2.68 bits per heavy atom. The average Bonchev–Trinajstić information content (AvgIpc) is 3.27. The van der Waals surface area contributed by atoms with Crippen molar-refractivity contribution in [2.75, 3.05) is 18.4 Å². The molecule has 0 saturated carbocycles. The summed E-state index contributed by atoms with van der Waals surface area (Å²) in [6.45, 7) is 1.48. The fraction of sp³-hybridized carbons (Fsp3) is 0.304. The number of rotatable bonds is 5. The van der Waals surface area contributed by atoms with E-state index in [2.05, 4.69) is 15.5 Å². The highest BCUT2D eigenvalue weighted by Crippen LogP contribution is 2.31. The monoisotopic (exact) mass is 473 g/mol. The summed E-state index contributed by atoms with van der Waals surface area (Å²) in [5, 5.41) is 15.7. The van der Waals surface area contributed by atoms with Gasteiger partial charge in [-0.2, -0.15) is 23.4 Å². The number of alkyl halides is 3. The number of nitrogens with zero attached hydrogens (tertiary/aromatic N) is 4. The first kappa shape index (κ1) is 23.4. The molecule has 0 atom stereocenters. The summed E-state index contributed by atoms with van der Waals surface area (Å²) in [6.07, 6.45) is -3.44. The number of nitriles is 1. The van der Waals surface area contributed by atoms with Gasteiger partial charge in [-0.05, 0) is 62.3 Å². The fourth-order valence-corrected chi connectivity index (χ4v) is 3.79. The van der Waals surface area contributed by atoms with Gasteiger partial charge in [0.25, 0.3) is 5.89 Å². The number of likely N-dealkylation sites (tertiary alicyclic amines) is 1. The Morgan fingerprint density at radius 1 is 1.21 bits per heavy atom. The van der Waals surface area contributed by atoms with Crippen LogP contribution in [-0.2, 0) is 17.5 Å². The third-order valence-electron chi connectivity index (χ3n) is 5.58. The van der Waals surface area contributed by atoms with Crippen LogP contribution in [0.15, 0.2) is 47.0 Å². The van der Waals surface area contributed by atoms with Gasteiger partial charge < -0.3 is 9.84 Å². The molecule has 1 saturated heterocycles. The first-order chi connectivity index (χ1) is 16.2. The highest BCUT2D eigenvalue weighted by atomic mass is 19.4. The summed E-state index contributed by atoms with van der Waals surface area (Å²) in [7, 11) is 0. The van der Waals surface area contributed by atoms with Crippen LogP contribution in [0.5, 0.6) is 0 Å². The number of amides is 1. The quantitative estimate of drug-likeness (QED) is 0.544. The van der Waals surface area contributed by atoms with E-state index in [-0.39, 0.29) is 29.0 Å². The standard InChI is InChI=1S/C23H19F4N5O2/c24-17-4-5-19(15(10-17)12-28)22-30-20(31-34-22)13-32-8-6-14(7-9-32)21(33)29-18-3-1-2-16(11-18)23(25,26)27/h1-5,10-11,14H,6-9,13H2,(H,29,33). The number of hydrogen-bond acceptors (Lipinski definition) is 6. The van der Waals surface area contributed by atoms with Crippen molar-refractivity contribution in [3.8, 4) is 17.5 Å². The van der Waals surface area contributed by atoms with E-state index in [1.54, 1.807) is 0 Å². The van der Waals surface area contributed by atoms with E-state index in [9.17, 15) is 27.6 Å². The second kappa shape index (κ2) is 9.61. The number of benzene rings is 2. The van der Waals surface area contributed by atoms with Crippen LogP contribution in [0.25, 0.3) is 11.5 Å². The van der Waals surface area contributed by atoms with Crippen LogP contribution in [0, 0.1) is 23.1 Å². The van der Waals surface area contributed by atoms with Crippen molar-refractivity contribution in [1.29, 1.82) is 5.26 Å². The number of carbonyl (C=O) groups is 1. The summed E-state index contributed by atoms with van der Waals surface area (Å²) in [5.74, 6) is -0.692. The van der Waals surface area contributed by atoms with Crippen molar-refractivity contribution < 1.29 is 26.9 Å². The largest absolute Gasteiger partial charge is 0.416 e. The lowest BCUT2D eigenvalue weighted by Gasteiger charge is -2.30. The van der Waals surface area contributed by atoms with Crippen LogP contribution < -0.4 is 5.32 Å². The molecular weight excluding hydrogens is 454 g/mol. The summed E-state index contributed by atoms with van der Waals surface area (Å²) >= 11 is 0. The van der Waals surface area contributed by atoms with Gasteiger partial charge in [-0.15, -0.1) is 0 Å². The molecule has 0 radical (unpaired) electrons. The van der Waals surface area contributed by atoms with Gasteiger partial charge in [-0.1, -0.05) is 11.2 Å². The van der Waals surface area contributed by atoms with Crippen molar-refractivity contribution in [2.45, 2.75) is 25.6 Å². The maximum absolute atomic E-state index is 13.3. The summed E-state index contributed by atoms with van der Waals surface area (Å²) in [5.41, 5.74) is -0.281. The molecule has 1 N–H and O–H groups in total. The van der Waals surface area contributed by atoms with Crippen LogP contribution >= 0.6 is 0 Å². The van der Waals surface area contributed by atoms with E-state index in [4.69, 9.17) is 4.52 Å². The second-order valence-corrected chi connectivity index (χ2v) is 7.94. The summed E-state index contributed by atoms with van der Waals surface area (Å²) < 4.78 is 57.2. The molecule has 0 aliphatic carbocycles. The molecule has 3 aromatic rings. The van der Waals surface area contributed by atoms with Crippen molar-refractivity contribution in [3.63, 3.8) is 0 Å². The van der Waals surface area contributed by atoms with E-state index in [1.165, 1.54) is 24.3 Å². The summed E-state index contributed by atoms with van der Waals surface area (Å²) in [4.78, 5) is 18.8. The molecule has 34 heavy (non-hydrogen) atoms. The Balaban J connectivity index is 1.32. The Kier molecular flexibility index (Phi) is 6.61. The third kappa shape index (κ3) is 5.40. The minimum Gasteiger partial charge on any atom is -0.334 e. The zero-order valence-electron chi connectivity index (χ0n) is 17.8. The van der Waals surface area contributed by atoms with Crippen LogP contribution in [0.1, 0.15) is 29.8 Å². The molecule has 2 heterocycles. The number of nitrogens with one attached hydrogen (secondary N) is 1. The Morgan fingerprint density at radius 2 is 1.97 bits per heavy atom. The SMILES string of the molecule is N#Cc1cc(F)ccc1-c1nc(CN2CCC(C(=O)Nc3cccc(C(F)(F)F)c3)CC2)no1. The molecule has 1 aromatic heterocycles. The number of carbonyl (C=O) groups excluding carboxylic acids is 1. The molecule has 0 spiro atoms. The third-order valence-corrected chi connectivity index (χ3v) is 5.58. The molecule has 7 nitrogen and oxygen atoms in total. The maximum Gasteiger partial charge on any atom is 0.416 e. The Labute approximate surface area is 192 Å². The van der Waals surface area contributed by atoms with E-state index < -0.39 is 17.6 Å². The summed E-state index contributed by atoms with van der Waals surface area (Å²) in [6, 6.07) is 10.1. The zero-order valence-corrected chi connectivity index (χ0v) is 17.8. The first-order valence-electron chi connectivity index (χ1n) is 10.5. The fourth-order valence-electron chi connectivity index (χ4n) is 3.79. The van der Waals surface area contributed by atoms with E-state index in [0.29, 0.717) is 43.9 Å². The van der Waals surface area contributed by atoms with Gasteiger partial charge in [-0.3, -0.25) is 9.69 Å². The van der Waals surface area contributed by atoms with Crippen molar-refractivity contribution in [3.05, 3.63) is 65.2 Å². The molecule has 176 valence electrons. The lowest BCUT2D eigenvalue weighted by Crippen LogP contribution is -2.38. The minimum absolute atomic E-state index is 0.0859. The normalized spacial score (nSPS) is 15.1. The van der Waals surface area contributed by atoms with Gasteiger partial charge >= 0.3 is 6.18 Å². The van der Waals surface area contributed by atoms with Gasteiger partial charge in [0, 0.05) is 11.6 Å². The van der Waals surface area contributed by atoms with Gasteiger partial charge in [0.15, 0.2) is 5.82 Å². The average molecular weight is 473 g/mol. The minimum atomic E-state index is -4.48. The predicted molar refractivity (Wildman–Crippen MR) is 112 cm³/mol. The molecule has 2 aromatic carbocycles. The van der Waals surface area contributed by atoms with E-state index in [0.717, 1.165) is 18.2 Å². The van der Waals surface area contributed by atoms with Crippen molar-refractivity contribution in [2.24, 2.45) is 5.92 Å². The van der Waals surface area contributed by atoms with Crippen LogP contribution in [-0.4, -0.2) is 34.0 Å². The Hall–Kier alpha value is -3.78. The highest BCUT2D eigenvalue weighted by molar-refractivity contribution is 5.92. The second-order valence-electron chi connectivity index (χ2n) is 7.94. The molecule has 11 heteroatoms. The molecule has 0 bridgehead atoms. The van der Waals surface area contributed by atoms with E-state index >= 15 is 0 Å². The molecule has 0 unspecified atom stereocenters.